The second kappa shape index (κ2) is 5.22. The van der Waals surface area contributed by atoms with Gasteiger partial charge < -0.3 is 0 Å². The van der Waals surface area contributed by atoms with E-state index in [2.05, 4.69) is 14.8 Å². The Kier molecular flexibility index (Phi) is 3.44. The lowest BCUT2D eigenvalue weighted by Gasteiger charge is -2.26. The van der Waals surface area contributed by atoms with Crippen molar-refractivity contribution < 1.29 is 4.79 Å². The molecule has 0 atom stereocenters. The van der Waals surface area contributed by atoms with Crippen molar-refractivity contribution in [2.24, 2.45) is 11.8 Å². The molecule has 0 unspecified atom stereocenters. The molecule has 0 aliphatic heterocycles. The Labute approximate surface area is 115 Å². The third kappa shape index (κ3) is 2.33. The van der Waals surface area contributed by atoms with Crippen LogP contribution in [0.15, 0.2) is 18.5 Å². The highest BCUT2D eigenvalue weighted by Gasteiger charge is 2.28. The molecule has 0 bridgehead atoms. The van der Waals surface area contributed by atoms with E-state index >= 15 is 0 Å². The molecule has 1 aliphatic carbocycles. The molecule has 19 heavy (non-hydrogen) atoms. The minimum Gasteiger partial charge on any atom is -0.294 e. The average Bonchev–Trinajstić information content (AvgIpc) is 2.90. The maximum atomic E-state index is 11.5. The molecular formula is C13H16N4OS. The van der Waals surface area contributed by atoms with Crippen LogP contribution in [0.4, 0.5) is 0 Å². The van der Waals surface area contributed by atoms with Crippen LogP contribution >= 0.6 is 11.5 Å². The minimum absolute atomic E-state index is 0.0363. The zero-order chi connectivity index (χ0) is 13.2. The van der Waals surface area contributed by atoms with E-state index in [0.717, 1.165) is 30.4 Å². The van der Waals surface area contributed by atoms with Crippen molar-refractivity contribution in [3.8, 4) is 0 Å². The lowest BCUT2D eigenvalue weighted by molar-refractivity contribution is -0.126. The van der Waals surface area contributed by atoms with E-state index in [0.29, 0.717) is 5.92 Å². The molecule has 1 aliphatic rings. The standard InChI is InChI=1S/C13H16N4OS/c14-16-13(18)9-3-1-8(2-4-9)12-10-5-6-15-7-11(10)19-17-12/h5-9H,1-4,14H2,(H,16,18). The molecule has 100 valence electrons. The Balaban J connectivity index is 1.77. The SMILES string of the molecule is NNC(=O)C1CCC(c2nsc3cnccc23)CC1. The summed E-state index contributed by atoms with van der Waals surface area (Å²) >= 11 is 1.51. The Morgan fingerprint density at radius 1 is 1.37 bits per heavy atom. The first-order valence-electron chi connectivity index (χ1n) is 6.49. The van der Waals surface area contributed by atoms with Crippen LogP contribution < -0.4 is 11.3 Å². The number of fused-ring (bicyclic) bond motifs is 1. The Bertz CT molecular complexity index is 589. The molecule has 2 aromatic heterocycles. The summed E-state index contributed by atoms with van der Waals surface area (Å²) in [7, 11) is 0. The number of aromatic nitrogens is 2. The van der Waals surface area contributed by atoms with Crippen LogP contribution in [0.3, 0.4) is 0 Å². The number of amides is 1. The molecule has 0 saturated heterocycles. The van der Waals surface area contributed by atoms with Gasteiger partial charge in [0.2, 0.25) is 5.91 Å². The fourth-order valence-electron chi connectivity index (χ4n) is 2.85. The summed E-state index contributed by atoms with van der Waals surface area (Å²) in [6, 6.07) is 2.03. The molecule has 2 heterocycles. The van der Waals surface area contributed by atoms with Gasteiger partial charge in [-0.15, -0.1) is 0 Å². The summed E-state index contributed by atoms with van der Waals surface area (Å²) in [4.78, 5) is 15.6. The summed E-state index contributed by atoms with van der Waals surface area (Å²) in [6.07, 6.45) is 7.45. The molecule has 6 heteroatoms. The molecule has 1 fully saturated rings. The van der Waals surface area contributed by atoms with Gasteiger partial charge in [0.15, 0.2) is 0 Å². The van der Waals surface area contributed by atoms with Crippen molar-refractivity contribution in [3.05, 3.63) is 24.2 Å². The number of pyridine rings is 1. The van der Waals surface area contributed by atoms with Crippen LogP contribution in [0, 0.1) is 5.92 Å². The maximum Gasteiger partial charge on any atom is 0.236 e. The van der Waals surface area contributed by atoms with E-state index in [-0.39, 0.29) is 11.8 Å². The highest BCUT2D eigenvalue weighted by molar-refractivity contribution is 7.13. The van der Waals surface area contributed by atoms with E-state index < -0.39 is 0 Å². The molecule has 5 nitrogen and oxygen atoms in total. The number of hydrogen-bond donors (Lipinski definition) is 2. The number of nitrogens with zero attached hydrogens (tertiary/aromatic N) is 2. The first kappa shape index (κ1) is 12.5. The second-order valence-electron chi connectivity index (χ2n) is 5.00. The number of hydrazine groups is 1. The van der Waals surface area contributed by atoms with Gasteiger partial charge in [-0.05, 0) is 43.3 Å². The molecular weight excluding hydrogens is 260 g/mol. The van der Waals surface area contributed by atoms with Crippen LogP contribution in [-0.4, -0.2) is 15.3 Å². The van der Waals surface area contributed by atoms with E-state index in [1.807, 2.05) is 18.5 Å². The predicted molar refractivity (Wildman–Crippen MR) is 74.4 cm³/mol. The van der Waals surface area contributed by atoms with E-state index in [9.17, 15) is 4.79 Å². The van der Waals surface area contributed by atoms with Crippen molar-refractivity contribution in [2.75, 3.05) is 0 Å². The molecule has 3 N–H and O–H groups in total. The quantitative estimate of drug-likeness (QED) is 0.499. The van der Waals surface area contributed by atoms with Gasteiger partial charge in [-0.25, -0.2) is 5.84 Å². The van der Waals surface area contributed by atoms with Crippen molar-refractivity contribution in [1.29, 1.82) is 0 Å². The molecule has 0 spiro atoms. The van der Waals surface area contributed by atoms with Crippen LogP contribution in [0.25, 0.3) is 10.1 Å². The van der Waals surface area contributed by atoms with Gasteiger partial charge in [-0.1, -0.05) is 0 Å². The average molecular weight is 276 g/mol. The molecule has 0 aromatic carbocycles. The van der Waals surface area contributed by atoms with Crippen LogP contribution in [0.2, 0.25) is 0 Å². The first-order valence-corrected chi connectivity index (χ1v) is 7.26. The van der Waals surface area contributed by atoms with Crippen LogP contribution in [-0.2, 0) is 4.79 Å². The summed E-state index contributed by atoms with van der Waals surface area (Å²) in [5.74, 6) is 5.67. The third-order valence-corrected chi connectivity index (χ3v) is 4.74. The lowest BCUT2D eigenvalue weighted by Crippen LogP contribution is -2.37. The number of hydrogen-bond acceptors (Lipinski definition) is 5. The molecule has 2 aromatic rings. The van der Waals surface area contributed by atoms with Crippen LogP contribution in [0.5, 0.6) is 0 Å². The zero-order valence-electron chi connectivity index (χ0n) is 10.5. The number of carbonyl (C=O) groups is 1. The largest absolute Gasteiger partial charge is 0.294 e. The van der Waals surface area contributed by atoms with Crippen molar-refractivity contribution in [1.82, 2.24) is 14.8 Å². The molecule has 0 radical (unpaired) electrons. The highest BCUT2D eigenvalue weighted by atomic mass is 32.1. The monoisotopic (exact) mass is 276 g/mol. The maximum absolute atomic E-state index is 11.5. The first-order chi connectivity index (χ1) is 9.29. The summed E-state index contributed by atoms with van der Waals surface area (Å²) < 4.78 is 5.72. The van der Waals surface area contributed by atoms with E-state index in [1.165, 1.54) is 22.6 Å². The second-order valence-corrected chi connectivity index (χ2v) is 5.80. The van der Waals surface area contributed by atoms with Gasteiger partial charge in [0, 0.05) is 29.6 Å². The number of nitrogens with two attached hydrogens (primary N) is 1. The van der Waals surface area contributed by atoms with Gasteiger partial charge in [0.05, 0.1) is 10.4 Å². The third-order valence-electron chi connectivity index (χ3n) is 3.93. The smallest absolute Gasteiger partial charge is 0.236 e. The normalized spacial score (nSPS) is 23.4. The fraction of sp³-hybridized carbons (Fsp3) is 0.462. The van der Waals surface area contributed by atoms with E-state index in [1.54, 1.807) is 0 Å². The van der Waals surface area contributed by atoms with Crippen LogP contribution in [0.1, 0.15) is 37.3 Å². The Hall–Kier alpha value is -1.53. The number of nitrogens with one attached hydrogen (secondary N) is 1. The fourth-order valence-corrected chi connectivity index (χ4v) is 3.68. The van der Waals surface area contributed by atoms with Gasteiger partial charge in [-0.3, -0.25) is 15.2 Å². The van der Waals surface area contributed by atoms with Gasteiger partial charge in [0.1, 0.15) is 0 Å². The summed E-state index contributed by atoms with van der Waals surface area (Å²) in [6.45, 7) is 0. The molecule has 1 saturated carbocycles. The summed E-state index contributed by atoms with van der Waals surface area (Å²) in [5.41, 5.74) is 3.43. The van der Waals surface area contributed by atoms with Crippen molar-refractivity contribution in [3.63, 3.8) is 0 Å². The van der Waals surface area contributed by atoms with Gasteiger partial charge in [-0.2, -0.15) is 4.37 Å². The summed E-state index contributed by atoms with van der Waals surface area (Å²) in [5, 5.41) is 1.21. The predicted octanol–water partition coefficient (Wildman–Crippen LogP) is 1.95. The Morgan fingerprint density at radius 2 is 2.16 bits per heavy atom. The number of rotatable bonds is 2. The Morgan fingerprint density at radius 3 is 2.89 bits per heavy atom. The highest BCUT2D eigenvalue weighted by Crippen LogP contribution is 2.38. The zero-order valence-corrected chi connectivity index (χ0v) is 11.3. The van der Waals surface area contributed by atoms with Gasteiger partial charge in [0.25, 0.3) is 0 Å². The van der Waals surface area contributed by atoms with E-state index in [4.69, 9.17) is 5.84 Å². The van der Waals surface area contributed by atoms with Gasteiger partial charge >= 0.3 is 0 Å². The lowest BCUT2D eigenvalue weighted by atomic mass is 9.79. The van der Waals surface area contributed by atoms with Crippen molar-refractivity contribution >= 4 is 27.5 Å². The van der Waals surface area contributed by atoms with Crippen molar-refractivity contribution in [2.45, 2.75) is 31.6 Å². The topological polar surface area (TPSA) is 80.9 Å². The molecule has 3 rings (SSSR count). The number of carbonyl (C=O) groups excluding carboxylic acids is 1. The minimum atomic E-state index is -0.0363. The molecule has 1 amide bonds.